The molecule has 2 heteroatoms. The molecule has 1 atom stereocenters. The van der Waals surface area contributed by atoms with Crippen LogP contribution in [0.1, 0.15) is 32.3 Å². The topological polar surface area (TPSA) is 35.2 Å². The lowest BCUT2D eigenvalue weighted by Crippen LogP contribution is -2.31. The number of rotatable bonds is 5. The Labute approximate surface area is 103 Å². The van der Waals surface area contributed by atoms with E-state index in [9.17, 15) is 0 Å². The SMILES string of the molecule is C=C(C)COc1cccc(C2(C(C)N)CC2)c1. The van der Waals surface area contributed by atoms with Gasteiger partial charge in [-0.2, -0.15) is 0 Å². The molecule has 17 heavy (non-hydrogen) atoms. The summed E-state index contributed by atoms with van der Waals surface area (Å²) in [7, 11) is 0. The number of benzene rings is 1. The van der Waals surface area contributed by atoms with E-state index in [1.807, 2.05) is 19.1 Å². The minimum absolute atomic E-state index is 0.197. The van der Waals surface area contributed by atoms with E-state index in [4.69, 9.17) is 10.5 Å². The van der Waals surface area contributed by atoms with Crippen LogP contribution in [0, 0.1) is 0 Å². The highest BCUT2D eigenvalue weighted by Crippen LogP contribution is 2.50. The van der Waals surface area contributed by atoms with Gasteiger partial charge in [-0.3, -0.25) is 0 Å². The molecule has 0 amide bonds. The van der Waals surface area contributed by atoms with E-state index in [2.05, 4.69) is 25.6 Å². The summed E-state index contributed by atoms with van der Waals surface area (Å²) in [5, 5.41) is 0. The molecule has 0 saturated heterocycles. The van der Waals surface area contributed by atoms with Gasteiger partial charge in [0.15, 0.2) is 0 Å². The van der Waals surface area contributed by atoms with Crippen LogP contribution in [0.5, 0.6) is 5.75 Å². The van der Waals surface area contributed by atoms with E-state index in [0.29, 0.717) is 6.61 Å². The molecular formula is C15H21NO. The monoisotopic (exact) mass is 231 g/mol. The lowest BCUT2D eigenvalue weighted by Gasteiger charge is -2.20. The highest BCUT2D eigenvalue weighted by atomic mass is 16.5. The summed E-state index contributed by atoms with van der Waals surface area (Å²) in [6, 6.07) is 8.53. The van der Waals surface area contributed by atoms with Crippen LogP contribution in [-0.4, -0.2) is 12.6 Å². The van der Waals surface area contributed by atoms with E-state index in [-0.39, 0.29) is 11.5 Å². The van der Waals surface area contributed by atoms with Crippen LogP contribution in [0.3, 0.4) is 0 Å². The maximum atomic E-state index is 6.08. The molecule has 1 saturated carbocycles. The van der Waals surface area contributed by atoms with Crippen molar-refractivity contribution >= 4 is 0 Å². The van der Waals surface area contributed by atoms with E-state index in [0.717, 1.165) is 11.3 Å². The quantitative estimate of drug-likeness (QED) is 0.791. The van der Waals surface area contributed by atoms with Crippen LogP contribution >= 0.6 is 0 Å². The number of hydrogen-bond donors (Lipinski definition) is 1. The summed E-state index contributed by atoms with van der Waals surface area (Å²) in [4.78, 5) is 0. The van der Waals surface area contributed by atoms with Gasteiger partial charge in [-0.1, -0.05) is 18.7 Å². The van der Waals surface area contributed by atoms with Gasteiger partial charge in [-0.25, -0.2) is 0 Å². The van der Waals surface area contributed by atoms with Crippen LogP contribution in [-0.2, 0) is 5.41 Å². The molecule has 1 fully saturated rings. The smallest absolute Gasteiger partial charge is 0.120 e. The highest BCUT2D eigenvalue weighted by molar-refractivity contribution is 5.39. The molecule has 0 heterocycles. The molecule has 0 radical (unpaired) electrons. The van der Waals surface area contributed by atoms with Gasteiger partial charge in [-0.05, 0) is 50.0 Å². The van der Waals surface area contributed by atoms with Crippen molar-refractivity contribution < 1.29 is 4.74 Å². The Morgan fingerprint density at radius 2 is 2.24 bits per heavy atom. The Balaban J connectivity index is 2.15. The summed E-state index contributed by atoms with van der Waals surface area (Å²) in [5.41, 5.74) is 8.62. The molecule has 0 bridgehead atoms. The number of ether oxygens (including phenoxy) is 1. The predicted octanol–water partition coefficient (Wildman–Crippen LogP) is 3.02. The molecule has 92 valence electrons. The minimum Gasteiger partial charge on any atom is -0.489 e. The third-order valence-electron chi connectivity index (χ3n) is 3.55. The molecule has 1 unspecified atom stereocenters. The lowest BCUT2D eigenvalue weighted by molar-refractivity contribution is 0.351. The standard InChI is InChI=1S/C15H21NO/c1-11(2)10-17-14-6-4-5-13(9-14)15(7-8-15)12(3)16/h4-6,9,12H,1,7-8,10,16H2,2-3H3. The molecule has 0 spiro atoms. The zero-order valence-corrected chi connectivity index (χ0v) is 10.7. The van der Waals surface area contributed by atoms with Crippen LogP contribution in [0.4, 0.5) is 0 Å². The fraction of sp³-hybridized carbons (Fsp3) is 0.467. The molecule has 1 aliphatic carbocycles. The fourth-order valence-corrected chi connectivity index (χ4v) is 2.24. The van der Waals surface area contributed by atoms with Gasteiger partial charge in [0.2, 0.25) is 0 Å². The zero-order valence-electron chi connectivity index (χ0n) is 10.7. The van der Waals surface area contributed by atoms with Crippen molar-refractivity contribution in [1.82, 2.24) is 0 Å². The highest BCUT2D eigenvalue weighted by Gasteiger charge is 2.47. The molecule has 2 rings (SSSR count). The van der Waals surface area contributed by atoms with Crippen molar-refractivity contribution in [3.8, 4) is 5.75 Å². The Bertz CT molecular complexity index is 419. The number of hydrogen-bond acceptors (Lipinski definition) is 2. The zero-order chi connectivity index (χ0) is 12.5. The molecular weight excluding hydrogens is 210 g/mol. The molecule has 1 aliphatic rings. The Hall–Kier alpha value is -1.28. The van der Waals surface area contributed by atoms with Crippen molar-refractivity contribution in [3.05, 3.63) is 42.0 Å². The molecule has 2 N–H and O–H groups in total. The molecule has 0 aliphatic heterocycles. The van der Waals surface area contributed by atoms with Gasteiger partial charge in [0, 0.05) is 11.5 Å². The van der Waals surface area contributed by atoms with Crippen LogP contribution in [0.25, 0.3) is 0 Å². The minimum atomic E-state index is 0.197. The van der Waals surface area contributed by atoms with Crippen molar-refractivity contribution in [2.24, 2.45) is 5.73 Å². The third-order valence-corrected chi connectivity index (χ3v) is 3.55. The normalized spacial score (nSPS) is 18.5. The maximum Gasteiger partial charge on any atom is 0.120 e. The fourth-order valence-electron chi connectivity index (χ4n) is 2.24. The predicted molar refractivity (Wildman–Crippen MR) is 71.3 cm³/mol. The van der Waals surface area contributed by atoms with Crippen LogP contribution < -0.4 is 10.5 Å². The first-order chi connectivity index (χ1) is 8.04. The first kappa shape index (κ1) is 12.2. The Morgan fingerprint density at radius 3 is 2.76 bits per heavy atom. The summed E-state index contributed by atoms with van der Waals surface area (Å²) in [6.45, 7) is 8.47. The van der Waals surface area contributed by atoms with Crippen LogP contribution in [0.2, 0.25) is 0 Å². The third kappa shape index (κ3) is 2.52. The van der Waals surface area contributed by atoms with E-state index in [1.165, 1.54) is 18.4 Å². The van der Waals surface area contributed by atoms with Gasteiger partial charge in [0.1, 0.15) is 12.4 Å². The molecule has 2 nitrogen and oxygen atoms in total. The Morgan fingerprint density at radius 1 is 1.53 bits per heavy atom. The lowest BCUT2D eigenvalue weighted by atomic mass is 9.89. The average molecular weight is 231 g/mol. The Kier molecular flexibility index (Phi) is 3.25. The van der Waals surface area contributed by atoms with E-state index in [1.54, 1.807) is 0 Å². The molecule has 1 aromatic carbocycles. The van der Waals surface area contributed by atoms with Gasteiger partial charge in [0.05, 0.1) is 0 Å². The molecule has 0 aromatic heterocycles. The second-order valence-corrected chi connectivity index (χ2v) is 5.22. The molecule has 1 aromatic rings. The van der Waals surface area contributed by atoms with Gasteiger partial charge < -0.3 is 10.5 Å². The average Bonchev–Trinajstić information content (AvgIpc) is 3.08. The second kappa shape index (κ2) is 4.53. The summed E-state index contributed by atoms with van der Waals surface area (Å²) < 4.78 is 5.67. The van der Waals surface area contributed by atoms with Gasteiger partial charge in [-0.15, -0.1) is 0 Å². The van der Waals surface area contributed by atoms with Crippen molar-refractivity contribution in [2.75, 3.05) is 6.61 Å². The van der Waals surface area contributed by atoms with Crippen LogP contribution in [0.15, 0.2) is 36.4 Å². The van der Waals surface area contributed by atoms with E-state index >= 15 is 0 Å². The summed E-state index contributed by atoms with van der Waals surface area (Å²) in [6.07, 6.45) is 2.38. The van der Waals surface area contributed by atoms with Crippen molar-refractivity contribution in [3.63, 3.8) is 0 Å². The summed E-state index contributed by atoms with van der Waals surface area (Å²) in [5.74, 6) is 0.914. The van der Waals surface area contributed by atoms with Gasteiger partial charge in [0.25, 0.3) is 0 Å². The second-order valence-electron chi connectivity index (χ2n) is 5.22. The maximum absolute atomic E-state index is 6.08. The first-order valence-corrected chi connectivity index (χ1v) is 6.18. The first-order valence-electron chi connectivity index (χ1n) is 6.18. The van der Waals surface area contributed by atoms with Crippen molar-refractivity contribution in [2.45, 2.75) is 38.1 Å². The van der Waals surface area contributed by atoms with Gasteiger partial charge >= 0.3 is 0 Å². The van der Waals surface area contributed by atoms with E-state index < -0.39 is 0 Å². The summed E-state index contributed by atoms with van der Waals surface area (Å²) >= 11 is 0. The largest absolute Gasteiger partial charge is 0.489 e. The van der Waals surface area contributed by atoms with Crippen molar-refractivity contribution in [1.29, 1.82) is 0 Å². The number of nitrogens with two attached hydrogens (primary N) is 1.